The van der Waals surface area contributed by atoms with Crippen LogP contribution in [0.3, 0.4) is 0 Å². The van der Waals surface area contributed by atoms with Gasteiger partial charge in [-0.1, -0.05) is 18.2 Å². The minimum atomic E-state index is 0.0298. The van der Waals surface area contributed by atoms with Crippen LogP contribution >= 0.6 is 0 Å². The highest BCUT2D eigenvalue weighted by molar-refractivity contribution is 5.77. The molecular formula is C23H33N3O3. The summed E-state index contributed by atoms with van der Waals surface area (Å²) >= 11 is 0. The number of nitrogens with one attached hydrogen (secondary N) is 2. The fourth-order valence-corrected chi connectivity index (χ4v) is 4.18. The van der Waals surface area contributed by atoms with E-state index < -0.39 is 0 Å². The van der Waals surface area contributed by atoms with Crippen molar-refractivity contribution in [2.45, 2.75) is 69.5 Å². The SMILES string of the molecule is O=C(CCOc1ccccc1)NC[C@@H]1CC[C@H](CC(=O)NC2CC2)N1CC1CC1. The van der Waals surface area contributed by atoms with Crippen LogP contribution in [-0.2, 0) is 9.59 Å². The van der Waals surface area contributed by atoms with Gasteiger partial charge in [-0.15, -0.1) is 0 Å². The van der Waals surface area contributed by atoms with Gasteiger partial charge in [-0.25, -0.2) is 0 Å². The Morgan fingerprint density at radius 2 is 1.72 bits per heavy atom. The molecule has 0 bridgehead atoms. The molecule has 1 aliphatic heterocycles. The summed E-state index contributed by atoms with van der Waals surface area (Å²) in [6.45, 7) is 2.12. The molecule has 6 heteroatoms. The lowest BCUT2D eigenvalue weighted by molar-refractivity contribution is -0.123. The predicted octanol–water partition coefficient (Wildman–Crippen LogP) is 2.48. The third-order valence-corrected chi connectivity index (χ3v) is 6.18. The molecule has 3 aliphatic rings. The van der Waals surface area contributed by atoms with Crippen LogP contribution in [0.25, 0.3) is 0 Å². The van der Waals surface area contributed by atoms with Crippen LogP contribution in [0.1, 0.15) is 51.4 Å². The molecule has 2 atom stereocenters. The van der Waals surface area contributed by atoms with Crippen LogP contribution in [0.5, 0.6) is 5.75 Å². The first-order chi connectivity index (χ1) is 14.2. The van der Waals surface area contributed by atoms with Gasteiger partial charge in [-0.05, 0) is 56.6 Å². The molecule has 1 aromatic rings. The highest BCUT2D eigenvalue weighted by atomic mass is 16.5. The fourth-order valence-electron chi connectivity index (χ4n) is 4.18. The zero-order valence-corrected chi connectivity index (χ0v) is 17.1. The molecule has 2 saturated carbocycles. The second-order valence-electron chi connectivity index (χ2n) is 8.79. The van der Waals surface area contributed by atoms with Crippen LogP contribution in [0, 0.1) is 5.92 Å². The van der Waals surface area contributed by atoms with Gasteiger partial charge in [0, 0.05) is 37.6 Å². The Bertz CT molecular complexity index is 688. The van der Waals surface area contributed by atoms with Crippen molar-refractivity contribution in [3.8, 4) is 5.75 Å². The van der Waals surface area contributed by atoms with Gasteiger partial charge in [0.1, 0.15) is 5.75 Å². The zero-order chi connectivity index (χ0) is 20.1. The smallest absolute Gasteiger partial charge is 0.223 e. The lowest BCUT2D eigenvalue weighted by atomic mass is 10.1. The van der Waals surface area contributed by atoms with E-state index in [-0.39, 0.29) is 11.8 Å². The number of rotatable bonds is 11. The van der Waals surface area contributed by atoms with Crippen molar-refractivity contribution in [1.29, 1.82) is 0 Å². The number of likely N-dealkylation sites (tertiary alicyclic amines) is 1. The Hall–Kier alpha value is -2.08. The maximum Gasteiger partial charge on any atom is 0.223 e. The molecule has 158 valence electrons. The second kappa shape index (κ2) is 9.61. The Morgan fingerprint density at radius 3 is 2.45 bits per heavy atom. The Balaban J connectivity index is 1.20. The topological polar surface area (TPSA) is 70.7 Å². The number of carbonyl (C=O) groups excluding carboxylic acids is 2. The molecule has 4 rings (SSSR count). The third kappa shape index (κ3) is 6.46. The van der Waals surface area contributed by atoms with E-state index in [1.807, 2.05) is 30.3 Å². The van der Waals surface area contributed by atoms with Gasteiger partial charge in [0.2, 0.25) is 11.8 Å². The van der Waals surface area contributed by atoms with E-state index in [4.69, 9.17) is 4.74 Å². The monoisotopic (exact) mass is 399 g/mol. The van der Waals surface area contributed by atoms with Gasteiger partial charge in [-0.3, -0.25) is 14.5 Å². The van der Waals surface area contributed by atoms with E-state index in [9.17, 15) is 9.59 Å². The third-order valence-electron chi connectivity index (χ3n) is 6.18. The number of ether oxygens (including phenoxy) is 1. The zero-order valence-electron chi connectivity index (χ0n) is 17.1. The maximum atomic E-state index is 12.3. The summed E-state index contributed by atoms with van der Waals surface area (Å²) in [5.41, 5.74) is 0. The van der Waals surface area contributed by atoms with E-state index >= 15 is 0 Å². The average molecular weight is 400 g/mol. The normalized spacial score (nSPS) is 24.3. The van der Waals surface area contributed by atoms with Gasteiger partial charge in [0.25, 0.3) is 0 Å². The number of benzene rings is 1. The van der Waals surface area contributed by atoms with E-state index in [0.29, 0.717) is 44.1 Å². The maximum absolute atomic E-state index is 12.3. The van der Waals surface area contributed by atoms with Crippen LogP contribution in [0.2, 0.25) is 0 Å². The summed E-state index contributed by atoms with van der Waals surface area (Å²) in [7, 11) is 0. The Kier molecular flexibility index (Phi) is 6.70. The molecule has 1 saturated heterocycles. The van der Waals surface area contributed by atoms with E-state index in [1.54, 1.807) is 0 Å². The first-order valence-corrected chi connectivity index (χ1v) is 11.2. The lowest BCUT2D eigenvalue weighted by Gasteiger charge is -2.30. The Labute approximate surface area is 173 Å². The molecule has 0 aromatic heterocycles. The van der Waals surface area contributed by atoms with Gasteiger partial charge >= 0.3 is 0 Å². The molecule has 2 N–H and O–H groups in total. The van der Waals surface area contributed by atoms with Crippen molar-refractivity contribution >= 4 is 11.8 Å². The number of carbonyl (C=O) groups is 2. The van der Waals surface area contributed by atoms with Crippen molar-refractivity contribution in [1.82, 2.24) is 15.5 Å². The molecule has 29 heavy (non-hydrogen) atoms. The highest BCUT2D eigenvalue weighted by Gasteiger charge is 2.38. The quantitative estimate of drug-likeness (QED) is 0.600. The predicted molar refractivity (Wildman–Crippen MR) is 112 cm³/mol. The molecule has 2 amide bonds. The van der Waals surface area contributed by atoms with Crippen molar-refractivity contribution in [2.24, 2.45) is 5.92 Å². The summed E-state index contributed by atoms with van der Waals surface area (Å²) in [4.78, 5) is 27.0. The number of para-hydroxylation sites is 1. The summed E-state index contributed by atoms with van der Waals surface area (Å²) in [5, 5.41) is 6.21. The fraction of sp³-hybridized carbons (Fsp3) is 0.652. The first-order valence-electron chi connectivity index (χ1n) is 11.2. The number of amides is 2. The molecule has 0 spiro atoms. The van der Waals surface area contributed by atoms with Gasteiger partial charge in [-0.2, -0.15) is 0 Å². The van der Waals surface area contributed by atoms with E-state index in [0.717, 1.165) is 43.9 Å². The van der Waals surface area contributed by atoms with Crippen molar-refractivity contribution in [2.75, 3.05) is 19.7 Å². The van der Waals surface area contributed by atoms with Crippen molar-refractivity contribution in [3.63, 3.8) is 0 Å². The van der Waals surface area contributed by atoms with Crippen molar-refractivity contribution in [3.05, 3.63) is 30.3 Å². The minimum absolute atomic E-state index is 0.0298. The van der Waals surface area contributed by atoms with E-state index in [2.05, 4.69) is 15.5 Å². The average Bonchev–Trinajstić information content (AvgIpc) is 3.63. The number of hydrogen-bond donors (Lipinski definition) is 2. The van der Waals surface area contributed by atoms with Crippen LogP contribution in [-0.4, -0.2) is 54.5 Å². The molecule has 1 aromatic carbocycles. The minimum Gasteiger partial charge on any atom is -0.493 e. The Morgan fingerprint density at radius 1 is 0.966 bits per heavy atom. The highest BCUT2D eigenvalue weighted by Crippen LogP contribution is 2.35. The van der Waals surface area contributed by atoms with Gasteiger partial charge in [0.15, 0.2) is 0 Å². The first kappa shape index (κ1) is 20.2. The summed E-state index contributed by atoms with van der Waals surface area (Å²) in [6, 6.07) is 10.7. The molecular weight excluding hydrogens is 366 g/mol. The van der Waals surface area contributed by atoms with E-state index in [1.165, 1.54) is 12.8 Å². The summed E-state index contributed by atoms with van der Waals surface area (Å²) < 4.78 is 5.61. The molecule has 6 nitrogen and oxygen atoms in total. The van der Waals surface area contributed by atoms with Gasteiger partial charge < -0.3 is 15.4 Å². The second-order valence-corrected chi connectivity index (χ2v) is 8.79. The molecule has 0 unspecified atom stereocenters. The van der Waals surface area contributed by atoms with Crippen LogP contribution in [0.4, 0.5) is 0 Å². The van der Waals surface area contributed by atoms with Crippen molar-refractivity contribution < 1.29 is 14.3 Å². The molecule has 2 aliphatic carbocycles. The van der Waals surface area contributed by atoms with Gasteiger partial charge in [0.05, 0.1) is 13.0 Å². The summed E-state index contributed by atoms with van der Waals surface area (Å²) in [6.07, 6.45) is 7.91. The lowest BCUT2D eigenvalue weighted by Crippen LogP contribution is -2.45. The largest absolute Gasteiger partial charge is 0.493 e. The molecule has 3 fully saturated rings. The van der Waals surface area contributed by atoms with Crippen LogP contribution in [0.15, 0.2) is 30.3 Å². The molecule has 0 radical (unpaired) electrons. The number of nitrogens with zero attached hydrogens (tertiary/aromatic N) is 1. The summed E-state index contributed by atoms with van der Waals surface area (Å²) in [5.74, 6) is 1.79. The molecule has 1 heterocycles. The number of hydrogen-bond acceptors (Lipinski definition) is 4. The standard InChI is InChI=1S/C23H33N3O3/c27-22(12-13-29-21-4-2-1-3-5-21)24-15-20-11-10-19(26(20)16-17-6-7-17)14-23(28)25-18-8-9-18/h1-5,17-20H,6-16H2,(H,24,27)(H,25,28)/t19-,20+/m1/s1. The van der Waals surface area contributed by atoms with Crippen LogP contribution < -0.4 is 15.4 Å².